The van der Waals surface area contributed by atoms with Crippen LogP contribution in [-0.4, -0.2) is 49.6 Å². The van der Waals surface area contributed by atoms with Crippen molar-refractivity contribution in [3.8, 4) is 5.69 Å². The number of piperidine rings is 1. The molecule has 1 saturated heterocycles. The molecule has 0 bridgehead atoms. The lowest BCUT2D eigenvalue weighted by Crippen LogP contribution is -2.30. The van der Waals surface area contributed by atoms with E-state index in [9.17, 15) is 9.18 Å². The number of hydrogen-bond acceptors (Lipinski definition) is 7. The Hall–Kier alpha value is -2.72. The summed E-state index contributed by atoms with van der Waals surface area (Å²) in [7, 11) is 0. The summed E-state index contributed by atoms with van der Waals surface area (Å²) < 4.78 is 20.4. The van der Waals surface area contributed by atoms with Crippen LogP contribution in [0.4, 0.5) is 10.3 Å². The third-order valence-electron chi connectivity index (χ3n) is 4.82. The molecule has 0 aliphatic carbocycles. The number of carbonyl (C=O) groups is 1. The molecule has 1 aliphatic heterocycles. The first kappa shape index (κ1) is 20.5. The van der Waals surface area contributed by atoms with Crippen molar-refractivity contribution in [3.63, 3.8) is 0 Å². The highest BCUT2D eigenvalue weighted by Gasteiger charge is 2.20. The van der Waals surface area contributed by atoms with Crippen LogP contribution in [0.1, 0.15) is 30.8 Å². The minimum Gasteiger partial charge on any atom is -0.338 e. The Morgan fingerprint density at radius 3 is 2.67 bits per heavy atom. The van der Waals surface area contributed by atoms with E-state index in [0.717, 1.165) is 24.6 Å². The topological polar surface area (TPSA) is 89.1 Å². The average Bonchev–Trinajstić information content (AvgIpc) is 3.33. The Balaban J connectivity index is 1.51. The van der Waals surface area contributed by atoms with Crippen molar-refractivity contribution < 1.29 is 13.7 Å². The van der Waals surface area contributed by atoms with Gasteiger partial charge < -0.3 is 4.52 Å². The Bertz CT molecular complexity index is 997. The number of nitrogens with zero attached hydrogens (tertiary/aromatic N) is 5. The fourth-order valence-corrected chi connectivity index (χ4v) is 4.16. The first-order valence-corrected chi connectivity index (χ1v) is 10.9. The fourth-order valence-electron chi connectivity index (χ4n) is 3.39. The van der Waals surface area contributed by atoms with E-state index in [1.165, 1.54) is 43.2 Å². The molecule has 1 aromatic carbocycles. The number of carbonyl (C=O) groups excluding carboxylic acids is 1. The first-order valence-electron chi connectivity index (χ1n) is 9.87. The molecule has 158 valence electrons. The number of halogens is 1. The SMILES string of the molecule is Cc1cc(NC(=O)CSc2nnc(CN3CCCCC3)n2-c2ccc(F)cc2)on1. The van der Waals surface area contributed by atoms with Gasteiger partial charge in [-0.05, 0) is 57.1 Å². The summed E-state index contributed by atoms with van der Waals surface area (Å²) in [6, 6.07) is 7.86. The summed E-state index contributed by atoms with van der Waals surface area (Å²) >= 11 is 1.27. The summed E-state index contributed by atoms with van der Waals surface area (Å²) in [5, 5.41) is 15.7. The minimum absolute atomic E-state index is 0.128. The molecule has 1 amide bonds. The zero-order chi connectivity index (χ0) is 20.9. The molecule has 3 heterocycles. The number of aryl methyl sites for hydroxylation is 1. The summed E-state index contributed by atoms with van der Waals surface area (Å²) in [6.07, 6.45) is 3.60. The second kappa shape index (κ2) is 9.40. The lowest BCUT2D eigenvalue weighted by Gasteiger charge is -2.26. The zero-order valence-corrected chi connectivity index (χ0v) is 17.5. The van der Waals surface area contributed by atoms with Crippen LogP contribution in [0.15, 0.2) is 40.0 Å². The Morgan fingerprint density at radius 1 is 1.20 bits per heavy atom. The lowest BCUT2D eigenvalue weighted by atomic mass is 10.1. The number of anilines is 1. The Kier molecular flexibility index (Phi) is 6.44. The second-order valence-corrected chi connectivity index (χ2v) is 8.16. The number of thioether (sulfide) groups is 1. The maximum Gasteiger partial charge on any atom is 0.237 e. The second-order valence-electron chi connectivity index (χ2n) is 7.22. The van der Waals surface area contributed by atoms with Gasteiger partial charge in [0.25, 0.3) is 0 Å². The highest BCUT2D eigenvalue weighted by atomic mass is 32.2. The molecule has 2 aromatic heterocycles. The predicted molar refractivity (Wildman–Crippen MR) is 111 cm³/mol. The van der Waals surface area contributed by atoms with Crippen LogP contribution in [0, 0.1) is 12.7 Å². The molecule has 1 fully saturated rings. The maximum absolute atomic E-state index is 13.4. The summed E-state index contributed by atoms with van der Waals surface area (Å²) in [5.41, 5.74) is 1.46. The van der Waals surface area contributed by atoms with E-state index in [1.54, 1.807) is 25.1 Å². The van der Waals surface area contributed by atoms with Gasteiger partial charge in [-0.3, -0.25) is 19.6 Å². The van der Waals surface area contributed by atoms with E-state index in [0.29, 0.717) is 23.3 Å². The van der Waals surface area contributed by atoms with Crippen LogP contribution in [0.5, 0.6) is 0 Å². The van der Waals surface area contributed by atoms with Gasteiger partial charge in [0.15, 0.2) is 11.0 Å². The predicted octanol–water partition coefficient (Wildman–Crippen LogP) is 3.42. The van der Waals surface area contributed by atoms with Crippen LogP contribution >= 0.6 is 11.8 Å². The summed E-state index contributed by atoms with van der Waals surface area (Å²) in [5.74, 6) is 0.673. The fraction of sp³-hybridized carbons (Fsp3) is 0.400. The molecule has 8 nitrogen and oxygen atoms in total. The largest absolute Gasteiger partial charge is 0.338 e. The quantitative estimate of drug-likeness (QED) is 0.575. The molecule has 0 radical (unpaired) electrons. The first-order chi connectivity index (χ1) is 14.6. The van der Waals surface area contributed by atoms with Crippen LogP contribution in [-0.2, 0) is 11.3 Å². The molecule has 0 spiro atoms. The van der Waals surface area contributed by atoms with Gasteiger partial charge in [-0.1, -0.05) is 23.3 Å². The molecule has 1 aliphatic rings. The third kappa shape index (κ3) is 5.06. The van der Waals surface area contributed by atoms with E-state index in [2.05, 4.69) is 25.6 Å². The van der Waals surface area contributed by atoms with E-state index in [1.807, 2.05) is 4.57 Å². The molecule has 30 heavy (non-hydrogen) atoms. The molecule has 3 aromatic rings. The molecule has 0 unspecified atom stereocenters. The van der Waals surface area contributed by atoms with Gasteiger partial charge in [0.1, 0.15) is 5.82 Å². The van der Waals surface area contributed by atoms with Crippen LogP contribution < -0.4 is 5.32 Å². The van der Waals surface area contributed by atoms with Gasteiger partial charge in [0, 0.05) is 11.8 Å². The van der Waals surface area contributed by atoms with Crippen molar-refractivity contribution in [2.24, 2.45) is 0 Å². The van der Waals surface area contributed by atoms with E-state index >= 15 is 0 Å². The van der Waals surface area contributed by atoms with Crippen LogP contribution in [0.25, 0.3) is 5.69 Å². The van der Waals surface area contributed by atoms with Crippen molar-refractivity contribution >= 4 is 23.6 Å². The van der Waals surface area contributed by atoms with E-state index in [4.69, 9.17) is 4.52 Å². The standard InChI is InChI=1S/C20H23FN6O2S/c1-14-11-19(29-25-14)22-18(28)13-30-20-24-23-17(12-26-9-3-2-4-10-26)27(20)16-7-5-15(21)6-8-16/h5-8,11H,2-4,9-10,12-13H2,1H3,(H,22,28). The zero-order valence-electron chi connectivity index (χ0n) is 16.7. The summed E-state index contributed by atoms with van der Waals surface area (Å²) in [6.45, 7) is 4.49. The number of rotatable bonds is 7. The van der Waals surface area contributed by atoms with E-state index in [-0.39, 0.29) is 17.5 Å². The van der Waals surface area contributed by atoms with Crippen molar-refractivity contribution in [1.29, 1.82) is 0 Å². The van der Waals surface area contributed by atoms with Gasteiger partial charge in [-0.2, -0.15) is 0 Å². The van der Waals surface area contributed by atoms with Crippen molar-refractivity contribution in [3.05, 3.63) is 47.7 Å². The number of benzene rings is 1. The van der Waals surface area contributed by atoms with Gasteiger partial charge >= 0.3 is 0 Å². The summed E-state index contributed by atoms with van der Waals surface area (Å²) in [4.78, 5) is 14.6. The van der Waals surface area contributed by atoms with Crippen molar-refractivity contribution in [2.45, 2.75) is 37.9 Å². The number of hydrogen-bond donors (Lipinski definition) is 1. The molecule has 10 heteroatoms. The van der Waals surface area contributed by atoms with E-state index < -0.39 is 0 Å². The Morgan fingerprint density at radius 2 is 1.97 bits per heavy atom. The Labute approximate surface area is 177 Å². The number of likely N-dealkylation sites (tertiary alicyclic amines) is 1. The minimum atomic E-state index is -0.305. The lowest BCUT2D eigenvalue weighted by molar-refractivity contribution is -0.113. The molecule has 0 saturated carbocycles. The van der Waals surface area contributed by atoms with Gasteiger partial charge in [0.05, 0.1) is 18.0 Å². The monoisotopic (exact) mass is 430 g/mol. The molecule has 4 rings (SSSR count). The van der Waals surface area contributed by atoms with Crippen molar-refractivity contribution in [1.82, 2.24) is 24.8 Å². The maximum atomic E-state index is 13.4. The van der Waals surface area contributed by atoms with Crippen LogP contribution in [0.3, 0.4) is 0 Å². The number of aromatic nitrogens is 4. The average molecular weight is 431 g/mol. The van der Waals surface area contributed by atoms with Gasteiger partial charge in [-0.25, -0.2) is 4.39 Å². The normalized spacial score (nSPS) is 14.7. The van der Waals surface area contributed by atoms with Gasteiger partial charge in [-0.15, -0.1) is 10.2 Å². The van der Waals surface area contributed by atoms with Crippen LogP contribution in [0.2, 0.25) is 0 Å². The molecule has 0 atom stereocenters. The highest BCUT2D eigenvalue weighted by Crippen LogP contribution is 2.24. The highest BCUT2D eigenvalue weighted by molar-refractivity contribution is 7.99. The number of amides is 1. The molecule has 1 N–H and O–H groups in total. The number of nitrogens with one attached hydrogen (secondary N) is 1. The molecular formula is C20H23FN6O2S. The smallest absolute Gasteiger partial charge is 0.237 e. The third-order valence-corrected chi connectivity index (χ3v) is 5.75. The van der Waals surface area contributed by atoms with Gasteiger partial charge in [0.2, 0.25) is 11.8 Å². The molecular weight excluding hydrogens is 407 g/mol. The van der Waals surface area contributed by atoms with Crippen molar-refractivity contribution in [2.75, 3.05) is 24.2 Å².